The summed E-state index contributed by atoms with van der Waals surface area (Å²) in [6, 6.07) is 31.8. The minimum absolute atomic E-state index is 0.107. The van der Waals surface area contributed by atoms with Crippen molar-refractivity contribution in [2.24, 2.45) is 0 Å². The number of carbonyl (C=O) groups excluding carboxylic acids is 1. The number of benzene rings is 4. The Morgan fingerprint density at radius 3 is 1.50 bits per heavy atom. The van der Waals surface area contributed by atoms with Gasteiger partial charge >= 0.3 is 13.1 Å². The maximum atomic E-state index is 14.2. The highest BCUT2D eigenvalue weighted by Gasteiger charge is 2.49. The van der Waals surface area contributed by atoms with Crippen LogP contribution in [0.5, 0.6) is 0 Å². The van der Waals surface area contributed by atoms with Crippen LogP contribution in [0.4, 0.5) is 4.79 Å². The Labute approximate surface area is 198 Å². The van der Waals surface area contributed by atoms with E-state index in [1.54, 1.807) is 0 Å². The lowest BCUT2D eigenvalue weighted by Gasteiger charge is -2.24. The van der Waals surface area contributed by atoms with Crippen LogP contribution in [0, 0.1) is 0 Å². The summed E-state index contributed by atoms with van der Waals surface area (Å²) in [5, 5.41) is 0. The third kappa shape index (κ3) is 3.03. The van der Waals surface area contributed by atoms with Crippen molar-refractivity contribution in [3.8, 4) is 22.3 Å². The van der Waals surface area contributed by atoms with Gasteiger partial charge in [0, 0.05) is 13.0 Å². The van der Waals surface area contributed by atoms with Gasteiger partial charge in [-0.3, -0.25) is 4.57 Å². The quantitative estimate of drug-likeness (QED) is 0.284. The molecule has 0 radical (unpaired) electrons. The van der Waals surface area contributed by atoms with E-state index in [-0.39, 0.29) is 12.5 Å². The highest BCUT2D eigenvalue weighted by molar-refractivity contribution is 7.76. The molecule has 168 valence electrons. The third-order valence-corrected chi connectivity index (χ3v) is 9.42. The SMILES string of the molecule is COP(=O)(C(=O)OCC1c2ccccc2-c2ccccc21)C1c2ccccc2-c2ccccc21. The number of rotatable bonds is 5. The van der Waals surface area contributed by atoms with E-state index in [0.717, 1.165) is 44.5 Å². The Balaban J connectivity index is 1.34. The molecule has 4 aromatic carbocycles. The molecule has 0 spiro atoms. The average molecular weight is 466 g/mol. The van der Waals surface area contributed by atoms with Crippen molar-refractivity contribution in [2.75, 3.05) is 13.7 Å². The minimum Gasteiger partial charge on any atom is -0.457 e. The standard InChI is InChI=1S/C29H23O4P/c1-32-34(31,28-25-16-8-6-12-21(25)22-13-7-9-17-26(22)28)29(30)33-18-27-23-14-4-2-10-19(23)20-11-3-5-15-24(20)27/h2-17,27-28H,18H2,1H3. The third-order valence-electron chi connectivity index (χ3n) is 7.00. The molecular formula is C29H23O4P. The number of hydrogen-bond donors (Lipinski definition) is 0. The van der Waals surface area contributed by atoms with Gasteiger partial charge in [-0.05, 0) is 44.5 Å². The van der Waals surface area contributed by atoms with Gasteiger partial charge < -0.3 is 9.26 Å². The molecule has 1 atom stereocenters. The molecule has 6 rings (SSSR count). The van der Waals surface area contributed by atoms with Crippen molar-refractivity contribution < 1.29 is 18.6 Å². The lowest BCUT2D eigenvalue weighted by atomic mass is 9.98. The molecule has 0 saturated carbocycles. The second kappa shape index (κ2) is 8.09. The summed E-state index contributed by atoms with van der Waals surface area (Å²) >= 11 is 0. The molecule has 2 aliphatic carbocycles. The predicted molar refractivity (Wildman–Crippen MR) is 133 cm³/mol. The molecule has 5 heteroatoms. The molecule has 0 bridgehead atoms. The van der Waals surface area contributed by atoms with Crippen LogP contribution >= 0.6 is 7.37 Å². The van der Waals surface area contributed by atoms with Gasteiger partial charge in [-0.15, -0.1) is 0 Å². The van der Waals surface area contributed by atoms with E-state index in [1.807, 2.05) is 72.8 Å². The highest BCUT2D eigenvalue weighted by Crippen LogP contribution is 2.68. The first-order valence-electron chi connectivity index (χ1n) is 11.3. The maximum absolute atomic E-state index is 14.2. The van der Waals surface area contributed by atoms with Gasteiger partial charge in [0.05, 0.1) is 5.66 Å². The number of carbonyl (C=O) groups is 1. The summed E-state index contributed by atoms with van der Waals surface area (Å²) in [5.74, 6) is -0.107. The molecule has 0 saturated heterocycles. The van der Waals surface area contributed by atoms with E-state index in [0.29, 0.717) is 0 Å². The second-order valence-electron chi connectivity index (χ2n) is 8.66. The van der Waals surface area contributed by atoms with Crippen LogP contribution in [0.3, 0.4) is 0 Å². The average Bonchev–Trinajstić information content (AvgIpc) is 3.40. The first-order chi connectivity index (χ1) is 16.6. The Morgan fingerprint density at radius 1 is 0.676 bits per heavy atom. The van der Waals surface area contributed by atoms with Crippen molar-refractivity contribution >= 4 is 13.1 Å². The summed E-state index contributed by atoms with van der Waals surface area (Å²) in [5.41, 5.74) is 6.68. The zero-order chi connectivity index (χ0) is 23.3. The lowest BCUT2D eigenvalue weighted by Crippen LogP contribution is -2.15. The molecule has 0 aromatic heterocycles. The Bertz CT molecular complexity index is 1380. The van der Waals surface area contributed by atoms with Crippen LogP contribution in [0.15, 0.2) is 97.1 Å². The van der Waals surface area contributed by atoms with E-state index in [1.165, 1.54) is 7.11 Å². The van der Waals surface area contributed by atoms with Crippen LogP contribution in [0.2, 0.25) is 0 Å². The Kier molecular flexibility index (Phi) is 5.02. The zero-order valence-corrected chi connectivity index (χ0v) is 19.6. The normalized spacial score (nSPS) is 15.7. The zero-order valence-electron chi connectivity index (χ0n) is 18.7. The summed E-state index contributed by atoms with van der Waals surface area (Å²) in [6.07, 6.45) is 0. The second-order valence-corrected chi connectivity index (χ2v) is 11.1. The number of ether oxygens (including phenoxy) is 1. The molecule has 0 aliphatic heterocycles. The largest absolute Gasteiger partial charge is 0.457 e. The van der Waals surface area contributed by atoms with E-state index in [9.17, 15) is 9.36 Å². The van der Waals surface area contributed by atoms with E-state index in [2.05, 4.69) is 24.3 Å². The smallest absolute Gasteiger partial charge is 0.392 e. The fourth-order valence-corrected chi connectivity index (χ4v) is 7.47. The van der Waals surface area contributed by atoms with Crippen molar-refractivity contribution in [3.05, 3.63) is 119 Å². The molecule has 4 aromatic rings. The van der Waals surface area contributed by atoms with Crippen molar-refractivity contribution in [3.63, 3.8) is 0 Å². The van der Waals surface area contributed by atoms with E-state index in [4.69, 9.17) is 9.26 Å². The highest BCUT2D eigenvalue weighted by atomic mass is 31.2. The topological polar surface area (TPSA) is 52.6 Å². The van der Waals surface area contributed by atoms with Crippen molar-refractivity contribution in [2.45, 2.75) is 11.6 Å². The van der Waals surface area contributed by atoms with Crippen LogP contribution < -0.4 is 0 Å². The summed E-state index contributed by atoms with van der Waals surface area (Å²) in [4.78, 5) is 13.5. The fourth-order valence-electron chi connectivity index (χ4n) is 5.46. The molecule has 34 heavy (non-hydrogen) atoms. The van der Waals surface area contributed by atoms with Crippen LogP contribution in [0.1, 0.15) is 33.8 Å². The molecule has 0 amide bonds. The van der Waals surface area contributed by atoms with E-state index < -0.39 is 18.7 Å². The lowest BCUT2D eigenvalue weighted by molar-refractivity contribution is 0.163. The summed E-state index contributed by atoms with van der Waals surface area (Å²) in [7, 11) is -2.55. The molecule has 0 N–H and O–H groups in total. The monoisotopic (exact) mass is 466 g/mol. The van der Waals surface area contributed by atoms with Crippen LogP contribution in [-0.4, -0.2) is 19.4 Å². The molecule has 1 unspecified atom stereocenters. The van der Waals surface area contributed by atoms with Crippen molar-refractivity contribution in [1.82, 2.24) is 0 Å². The maximum Gasteiger partial charge on any atom is 0.392 e. The summed E-state index contributed by atoms with van der Waals surface area (Å²) < 4.78 is 25.6. The van der Waals surface area contributed by atoms with Gasteiger partial charge in [-0.25, -0.2) is 4.79 Å². The minimum atomic E-state index is -3.89. The Hall–Kier alpha value is -3.46. The molecule has 0 fully saturated rings. The van der Waals surface area contributed by atoms with E-state index >= 15 is 0 Å². The predicted octanol–water partition coefficient (Wildman–Crippen LogP) is 7.63. The first kappa shape index (κ1) is 21.1. The molecule has 2 aliphatic rings. The van der Waals surface area contributed by atoms with Crippen LogP contribution in [-0.2, 0) is 13.8 Å². The molecule has 4 nitrogen and oxygen atoms in total. The number of hydrogen-bond acceptors (Lipinski definition) is 4. The Morgan fingerprint density at radius 2 is 1.06 bits per heavy atom. The van der Waals surface area contributed by atoms with Crippen molar-refractivity contribution in [1.29, 1.82) is 0 Å². The first-order valence-corrected chi connectivity index (χ1v) is 13.0. The van der Waals surface area contributed by atoms with Gasteiger partial charge in [0.2, 0.25) is 0 Å². The van der Waals surface area contributed by atoms with Crippen LogP contribution in [0.25, 0.3) is 22.3 Å². The van der Waals surface area contributed by atoms with Gasteiger partial charge in [0.15, 0.2) is 0 Å². The van der Waals surface area contributed by atoms with Gasteiger partial charge in [0.25, 0.3) is 0 Å². The van der Waals surface area contributed by atoms with Gasteiger partial charge in [-0.2, -0.15) is 0 Å². The molecule has 0 heterocycles. The molecular weight excluding hydrogens is 443 g/mol. The fraction of sp³-hybridized carbons (Fsp3) is 0.138. The number of fused-ring (bicyclic) bond motifs is 6. The summed E-state index contributed by atoms with van der Waals surface area (Å²) in [6.45, 7) is 0.107. The van der Waals surface area contributed by atoms with Gasteiger partial charge in [0.1, 0.15) is 6.61 Å². The van der Waals surface area contributed by atoms with Gasteiger partial charge in [-0.1, -0.05) is 97.1 Å².